The van der Waals surface area contributed by atoms with Gasteiger partial charge in [-0.2, -0.15) is 5.10 Å². The van der Waals surface area contributed by atoms with Crippen LogP contribution in [0, 0.1) is 0 Å². The van der Waals surface area contributed by atoms with Crippen LogP contribution in [0.15, 0.2) is 71.8 Å². The Bertz CT molecular complexity index is 1420. The lowest BCUT2D eigenvalue weighted by Gasteiger charge is -2.28. The van der Waals surface area contributed by atoms with Gasteiger partial charge in [0.25, 0.3) is 5.91 Å². The first-order chi connectivity index (χ1) is 19.9. The third-order valence-electron chi connectivity index (χ3n) is 6.67. The molecule has 0 saturated heterocycles. The van der Waals surface area contributed by atoms with Crippen molar-refractivity contribution in [1.82, 2.24) is 9.91 Å². The maximum atomic E-state index is 13.9. The van der Waals surface area contributed by atoms with Crippen LogP contribution < -0.4 is 19.5 Å². The Balaban J connectivity index is 1.67. The van der Waals surface area contributed by atoms with E-state index in [0.717, 1.165) is 5.56 Å². The predicted molar refractivity (Wildman–Crippen MR) is 157 cm³/mol. The van der Waals surface area contributed by atoms with E-state index in [1.165, 1.54) is 24.1 Å². The van der Waals surface area contributed by atoms with Crippen molar-refractivity contribution in [3.05, 3.63) is 82.9 Å². The van der Waals surface area contributed by atoms with E-state index in [1.807, 2.05) is 24.3 Å². The summed E-state index contributed by atoms with van der Waals surface area (Å²) in [7, 11) is 6.19. The van der Waals surface area contributed by atoms with E-state index in [1.54, 1.807) is 56.7 Å². The molecular weight excluding hydrogens is 548 g/mol. The highest BCUT2D eigenvalue weighted by atomic mass is 35.5. The first kappa shape index (κ1) is 29.7. The van der Waals surface area contributed by atoms with Gasteiger partial charge in [0.1, 0.15) is 23.8 Å². The van der Waals surface area contributed by atoms with Gasteiger partial charge in [0, 0.05) is 36.2 Å². The smallest absolute Gasteiger partial charge is 0.322 e. The minimum absolute atomic E-state index is 0.172. The topological polar surface area (TPSA) is 102 Å². The summed E-state index contributed by atoms with van der Waals surface area (Å²) < 4.78 is 21.7. The van der Waals surface area contributed by atoms with Crippen molar-refractivity contribution in [2.24, 2.45) is 5.10 Å². The highest BCUT2D eigenvalue weighted by Gasteiger charge is 2.36. The van der Waals surface area contributed by atoms with Crippen LogP contribution in [-0.2, 0) is 9.53 Å². The molecule has 0 aliphatic carbocycles. The monoisotopic (exact) mass is 580 g/mol. The lowest BCUT2D eigenvalue weighted by molar-refractivity contribution is -0.133. The third kappa shape index (κ3) is 6.90. The Labute approximate surface area is 244 Å². The molecule has 1 heterocycles. The van der Waals surface area contributed by atoms with Crippen molar-refractivity contribution in [3.8, 4) is 17.2 Å². The highest BCUT2D eigenvalue weighted by Crippen LogP contribution is 2.40. The summed E-state index contributed by atoms with van der Waals surface area (Å²) in [4.78, 5) is 28.6. The second kappa shape index (κ2) is 13.9. The Morgan fingerprint density at radius 3 is 2.41 bits per heavy atom. The average molecular weight is 581 g/mol. The molecule has 10 nitrogen and oxygen atoms in total. The number of hydrazone groups is 1. The molecule has 0 unspecified atom stereocenters. The van der Waals surface area contributed by atoms with Gasteiger partial charge in [-0.05, 0) is 36.4 Å². The lowest BCUT2D eigenvalue weighted by Crippen LogP contribution is -2.44. The van der Waals surface area contributed by atoms with E-state index >= 15 is 0 Å². The largest absolute Gasteiger partial charge is 0.497 e. The van der Waals surface area contributed by atoms with Crippen LogP contribution in [0.4, 0.5) is 10.5 Å². The summed E-state index contributed by atoms with van der Waals surface area (Å²) in [5, 5.41) is 9.47. The van der Waals surface area contributed by atoms with Gasteiger partial charge in [0.05, 0.1) is 45.4 Å². The van der Waals surface area contributed by atoms with Crippen LogP contribution in [0.3, 0.4) is 0 Å². The van der Waals surface area contributed by atoms with Crippen molar-refractivity contribution >= 4 is 34.9 Å². The summed E-state index contributed by atoms with van der Waals surface area (Å²) in [5.41, 5.74) is 2.56. The molecule has 0 bridgehead atoms. The second-order valence-corrected chi connectivity index (χ2v) is 9.54. The molecule has 0 fully saturated rings. The number of benzene rings is 3. The van der Waals surface area contributed by atoms with Crippen molar-refractivity contribution in [1.29, 1.82) is 0 Å². The summed E-state index contributed by atoms with van der Waals surface area (Å²) in [6, 6.07) is 18.8. The molecular formula is C30H33ClN4O6. The maximum absolute atomic E-state index is 13.9. The van der Waals surface area contributed by atoms with Gasteiger partial charge in [-0.1, -0.05) is 41.9 Å². The highest BCUT2D eigenvalue weighted by molar-refractivity contribution is 6.34. The molecule has 1 atom stereocenters. The van der Waals surface area contributed by atoms with Gasteiger partial charge < -0.3 is 29.2 Å². The van der Waals surface area contributed by atoms with Crippen LogP contribution in [0.25, 0.3) is 0 Å². The predicted octanol–water partition coefficient (Wildman–Crippen LogP) is 5.22. The fourth-order valence-electron chi connectivity index (χ4n) is 4.57. The molecule has 3 aromatic rings. The van der Waals surface area contributed by atoms with E-state index in [0.29, 0.717) is 45.7 Å². The fraction of sp³-hybridized carbons (Fsp3) is 0.300. The number of ether oxygens (including phenoxy) is 4. The van der Waals surface area contributed by atoms with Crippen molar-refractivity contribution in [3.63, 3.8) is 0 Å². The van der Waals surface area contributed by atoms with Gasteiger partial charge in [-0.15, -0.1) is 0 Å². The number of hydrogen-bond donors (Lipinski definition) is 1. The summed E-state index contributed by atoms with van der Waals surface area (Å²) >= 11 is 6.50. The SMILES string of the molecule is COCCN(CC(=O)N1N=C(c2ccccc2Cl)C[C@H]1c1cc(OC)ccc1OC)C(=O)Nc1ccccc1OC. The number of hydrogen-bond acceptors (Lipinski definition) is 7. The molecule has 3 amide bonds. The van der Waals surface area contributed by atoms with Crippen molar-refractivity contribution in [2.75, 3.05) is 53.5 Å². The van der Waals surface area contributed by atoms with E-state index in [9.17, 15) is 9.59 Å². The first-order valence-corrected chi connectivity index (χ1v) is 13.3. The molecule has 1 aliphatic heterocycles. The zero-order valence-corrected chi connectivity index (χ0v) is 24.2. The van der Waals surface area contributed by atoms with Crippen LogP contribution in [0.1, 0.15) is 23.6 Å². The van der Waals surface area contributed by atoms with E-state index in [4.69, 9.17) is 35.6 Å². The number of anilines is 1. The molecule has 1 aliphatic rings. The number of urea groups is 1. The van der Waals surface area contributed by atoms with Crippen molar-refractivity contribution < 1.29 is 28.5 Å². The average Bonchev–Trinajstić information content (AvgIpc) is 3.44. The number of rotatable bonds is 11. The lowest BCUT2D eigenvalue weighted by atomic mass is 9.97. The first-order valence-electron chi connectivity index (χ1n) is 12.9. The molecule has 216 valence electrons. The zero-order valence-electron chi connectivity index (χ0n) is 23.4. The molecule has 3 aromatic carbocycles. The Hall–Kier alpha value is -4.28. The number of nitrogens with zero attached hydrogens (tertiary/aromatic N) is 3. The molecule has 11 heteroatoms. The van der Waals surface area contributed by atoms with Crippen LogP contribution in [0.2, 0.25) is 5.02 Å². The molecule has 0 radical (unpaired) electrons. The molecule has 0 saturated carbocycles. The van der Waals surface area contributed by atoms with Gasteiger partial charge >= 0.3 is 6.03 Å². The number of nitrogens with one attached hydrogen (secondary N) is 1. The number of carbonyl (C=O) groups is 2. The van der Waals surface area contributed by atoms with Crippen molar-refractivity contribution in [2.45, 2.75) is 12.5 Å². The number of methoxy groups -OCH3 is 4. The standard InChI is InChI=1S/C30H33ClN4O6/c1-38-16-15-34(30(37)32-24-11-7-8-12-28(24)41-4)19-29(36)35-26(22-17-20(39-2)13-14-27(22)40-3)18-25(33-35)21-9-5-6-10-23(21)31/h5-14,17,26H,15-16,18-19H2,1-4H3,(H,32,37)/t26-/m0/s1. The van der Waals surface area contributed by atoms with E-state index in [-0.39, 0.29) is 19.7 Å². The third-order valence-corrected chi connectivity index (χ3v) is 7.00. The number of amides is 3. The summed E-state index contributed by atoms with van der Waals surface area (Å²) in [5.74, 6) is 1.29. The molecule has 4 rings (SSSR count). The fourth-order valence-corrected chi connectivity index (χ4v) is 4.82. The van der Waals surface area contributed by atoms with Crippen LogP contribution in [0.5, 0.6) is 17.2 Å². The normalized spacial score (nSPS) is 14.3. The quantitative estimate of drug-likeness (QED) is 0.333. The molecule has 0 aromatic heterocycles. The van der Waals surface area contributed by atoms with E-state index < -0.39 is 18.0 Å². The number of carbonyl (C=O) groups excluding carboxylic acids is 2. The minimum atomic E-state index is -0.527. The maximum Gasteiger partial charge on any atom is 0.322 e. The molecule has 41 heavy (non-hydrogen) atoms. The molecule has 1 N–H and O–H groups in total. The van der Waals surface area contributed by atoms with Gasteiger partial charge in [-0.3, -0.25) is 4.79 Å². The minimum Gasteiger partial charge on any atom is -0.497 e. The summed E-state index contributed by atoms with van der Waals surface area (Å²) in [6.45, 7) is 0.144. The Morgan fingerprint density at radius 2 is 1.71 bits per heavy atom. The van der Waals surface area contributed by atoms with Gasteiger partial charge in [0.2, 0.25) is 0 Å². The Morgan fingerprint density at radius 1 is 0.976 bits per heavy atom. The van der Waals surface area contributed by atoms with E-state index in [2.05, 4.69) is 5.32 Å². The van der Waals surface area contributed by atoms with Gasteiger partial charge in [-0.25, -0.2) is 9.80 Å². The zero-order chi connectivity index (χ0) is 29.4. The van der Waals surface area contributed by atoms with Crippen LogP contribution >= 0.6 is 11.6 Å². The number of para-hydroxylation sites is 2. The molecule has 0 spiro atoms. The summed E-state index contributed by atoms with van der Waals surface area (Å²) in [6.07, 6.45) is 0.379. The van der Waals surface area contributed by atoms with Gasteiger partial charge in [0.15, 0.2) is 0 Å². The van der Waals surface area contributed by atoms with Crippen LogP contribution in [-0.4, -0.2) is 75.7 Å². The Kier molecular flexibility index (Phi) is 10.0. The second-order valence-electron chi connectivity index (χ2n) is 9.14. The number of halogens is 1.